The third-order valence-electron chi connectivity index (χ3n) is 5.80. The maximum Gasteiger partial charge on any atom is 0.322 e. The molecule has 146 valence electrons. The van der Waals surface area contributed by atoms with Crippen LogP contribution in [0.3, 0.4) is 0 Å². The number of aliphatic carboxylic acids is 1. The summed E-state index contributed by atoms with van der Waals surface area (Å²) < 4.78 is 0. The van der Waals surface area contributed by atoms with Crippen molar-refractivity contribution in [3.8, 4) is 0 Å². The lowest BCUT2D eigenvalue weighted by Gasteiger charge is -2.42. The van der Waals surface area contributed by atoms with Gasteiger partial charge in [-0.15, -0.1) is 0 Å². The molecule has 27 heavy (non-hydrogen) atoms. The number of carbonyl (C=O) groups excluding carboxylic acids is 1. The van der Waals surface area contributed by atoms with Crippen molar-refractivity contribution in [3.05, 3.63) is 46.1 Å². The van der Waals surface area contributed by atoms with Gasteiger partial charge in [0.2, 0.25) is 0 Å². The average Bonchev–Trinajstić information content (AvgIpc) is 2.53. The van der Waals surface area contributed by atoms with Crippen LogP contribution < -0.4 is 5.32 Å². The normalized spacial score (nSPS) is 23.1. The summed E-state index contributed by atoms with van der Waals surface area (Å²) in [5, 5.41) is 12.8. The molecule has 0 spiro atoms. The highest BCUT2D eigenvalue weighted by atomic mass is 35.5. The molecule has 1 aliphatic heterocycles. The summed E-state index contributed by atoms with van der Waals surface area (Å²) in [5.74, 6) is -0.200. The molecule has 1 aromatic rings. The van der Waals surface area contributed by atoms with Crippen LogP contribution in [0.25, 0.3) is 0 Å². The summed E-state index contributed by atoms with van der Waals surface area (Å²) in [5.41, 5.74) is 2.49. The summed E-state index contributed by atoms with van der Waals surface area (Å²) in [6, 6.07) is 5.83. The lowest BCUT2D eigenvalue weighted by molar-refractivity contribution is -0.137. The minimum Gasteiger partial charge on any atom is -0.481 e. The lowest BCUT2D eigenvalue weighted by atomic mass is 9.76. The van der Waals surface area contributed by atoms with E-state index in [-0.39, 0.29) is 24.9 Å². The molecule has 0 aromatic heterocycles. The number of rotatable bonds is 6. The molecule has 2 amide bonds. The first-order chi connectivity index (χ1) is 12.7. The van der Waals surface area contributed by atoms with Gasteiger partial charge in [0.25, 0.3) is 0 Å². The van der Waals surface area contributed by atoms with Crippen LogP contribution in [0.15, 0.2) is 30.0 Å². The number of carboxylic acids is 1. The molecule has 1 aromatic carbocycles. The first-order valence-electron chi connectivity index (χ1n) is 9.55. The van der Waals surface area contributed by atoms with Crippen LogP contribution in [0, 0.1) is 5.92 Å². The number of urea groups is 1. The number of nitrogens with one attached hydrogen (secondary N) is 1. The predicted molar refractivity (Wildman–Crippen MR) is 106 cm³/mol. The molecule has 0 saturated heterocycles. The SMILES string of the molecule is CC(C)C1=CN(CCC(=O)O)C(=O)N[C@@]1(C)c1ccc(C2CCC2)c(Cl)c1. The van der Waals surface area contributed by atoms with Crippen LogP contribution >= 0.6 is 11.6 Å². The Kier molecular flexibility index (Phi) is 5.52. The van der Waals surface area contributed by atoms with E-state index < -0.39 is 11.5 Å². The third kappa shape index (κ3) is 3.84. The molecular weight excluding hydrogens is 364 g/mol. The van der Waals surface area contributed by atoms with E-state index in [4.69, 9.17) is 16.7 Å². The second-order valence-corrected chi connectivity index (χ2v) is 8.40. The molecule has 2 N–H and O–H groups in total. The van der Waals surface area contributed by atoms with E-state index >= 15 is 0 Å². The van der Waals surface area contributed by atoms with Gasteiger partial charge in [-0.3, -0.25) is 4.79 Å². The van der Waals surface area contributed by atoms with Gasteiger partial charge in [0.1, 0.15) is 0 Å². The van der Waals surface area contributed by atoms with E-state index in [2.05, 4.69) is 31.3 Å². The Morgan fingerprint density at radius 1 is 1.41 bits per heavy atom. The van der Waals surface area contributed by atoms with Crippen molar-refractivity contribution in [3.63, 3.8) is 0 Å². The third-order valence-corrected chi connectivity index (χ3v) is 6.13. The number of amides is 2. The summed E-state index contributed by atoms with van der Waals surface area (Å²) in [6.07, 6.45) is 5.34. The summed E-state index contributed by atoms with van der Waals surface area (Å²) in [6.45, 7) is 6.28. The molecule has 3 rings (SSSR count). The Morgan fingerprint density at radius 3 is 2.63 bits per heavy atom. The van der Waals surface area contributed by atoms with Gasteiger partial charge in [-0.1, -0.05) is 44.0 Å². The molecule has 1 aliphatic carbocycles. The molecule has 1 saturated carbocycles. The fourth-order valence-corrected chi connectivity index (χ4v) is 4.28. The Bertz CT molecular complexity index is 786. The van der Waals surface area contributed by atoms with Gasteiger partial charge in [-0.25, -0.2) is 4.79 Å². The molecule has 5 nitrogen and oxygen atoms in total. The van der Waals surface area contributed by atoms with E-state index in [1.165, 1.54) is 29.7 Å². The van der Waals surface area contributed by atoms with Crippen molar-refractivity contribution in [2.24, 2.45) is 5.92 Å². The zero-order chi connectivity index (χ0) is 19.8. The first kappa shape index (κ1) is 19.7. The highest BCUT2D eigenvalue weighted by molar-refractivity contribution is 6.31. The number of halogens is 1. The van der Waals surface area contributed by atoms with E-state index in [1.54, 1.807) is 6.20 Å². The number of nitrogens with zero attached hydrogens (tertiary/aromatic N) is 1. The minimum absolute atomic E-state index is 0.0894. The van der Waals surface area contributed by atoms with Gasteiger partial charge >= 0.3 is 12.0 Å². The minimum atomic E-state index is -0.922. The number of carboxylic acid groups (broad SMARTS) is 1. The maximum atomic E-state index is 12.6. The monoisotopic (exact) mass is 390 g/mol. The van der Waals surface area contributed by atoms with Gasteiger partial charge in [0, 0.05) is 17.8 Å². The van der Waals surface area contributed by atoms with Crippen molar-refractivity contribution in [1.82, 2.24) is 10.2 Å². The molecule has 0 bridgehead atoms. The standard InChI is InChI=1S/C21H27ClN2O3/c1-13(2)17-12-24(10-9-19(25)26)20(27)23-21(17,3)15-7-8-16(18(22)11-15)14-5-4-6-14/h7-8,11-14H,4-6,9-10H2,1-3H3,(H,23,27)(H,25,26)/t21-/m0/s1. The number of hydrogen-bond acceptors (Lipinski definition) is 2. The van der Waals surface area contributed by atoms with Gasteiger partial charge in [0.05, 0.1) is 12.0 Å². The second-order valence-electron chi connectivity index (χ2n) is 8.00. The van der Waals surface area contributed by atoms with Crippen molar-refractivity contribution in [2.75, 3.05) is 6.54 Å². The molecule has 1 fully saturated rings. The topological polar surface area (TPSA) is 69.6 Å². The molecule has 6 heteroatoms. The quantitative estimate of drug-likeness (QED) is 0.728. The van der Waals surface area contributed by atoms with Crippen LogP contribution in [0.4, 0.5) is 4.79 Å². The van der Waals surface area contributed by atoms with Crippen molar-refractivity contribution in [1.29, 1.82) is 0 Å². The Morgan fingerprint density at radius 2 is 2.11 bits per heavy atom. The highest BCUT2D eigenvalue weighted by Crippen LogP contribution is 2.43. The van der Waals surface area contributed by atoms with Crippen molar-refractivity contribution < 1.29 is 14.7 Å². The van der Waals surface area contributed by atoms with Crippen molar-refractivity contribution in [2.45, 2.75) is 57.9 Å². The number of carbonyl (C=O) groups is 2. The molecule has 0 radical (unpaired) electrons. The van der Waals surface area contributed by atoms with E-state index in [1.807, 2.05) is 13.0 Å². The predicted octanol–water partition coefficient (Wildman–Crippen LogP) is 4.86. The van der Waals surface area contributed by atoms with Crippen molar-refractivity contribution >= 4 is 23.6 Å². The lowest BCUT2D eigenvalue weighted by Crippen LogP contribution is -2.55. The maximum absolute atomic E-state index is 12.6. The fourth-order valence-electron chi connectivity index (χ4n) is 3.95. The average molecular weight is 391 g/mol. The Labute approximate surface area is 165 Å². The fraction of sp³-hybridized carbons (Fsp3) is 0.524. The number of hydrogen-bond donors (Lipinski definition) is 2. The molecule has 2 aliphatic rings. The first-order valence-corrected chi connectivity index (χ1v) is 9.93. The largest absolute Gasteiger partial charge is 0.481 e. The van der Waals surface area contributed by atoms with Crippen LogP contribution in [-0.4, -0.2) is 28.6 Å². The van der Waals surface area contributed by atoms with Crippen LogP contribution in [0.5, 0.6) is 0 Å². The molecule has 1 atom stereocenters. The Balaban J connectivity index is 1.94. The van der Waals surface area contributed by atoms with E-state index in [9.17, 15) is 9.59 Å². The van der Waals surface area contributed by atoms with Gasteiger partial charge in [-0.05, 0) is 54.4 Å². The summed E-state index contributed by atoms with van der Waals surface area (Å²) in [4.78, 5) is 25.0. The van der Waals surface area contributed by atoms with Crippen LogP contribution in [0.2, 0.25) is 5.02 Å². The van der Waals surface area contributed by atoms with Crippen LogP contribution in [0.1, 0.15) is 63.5 Å². The van der Waals surface area contributed by atoms with E-state index in [0.717, 1.165) is 16.2 Å². The summed E-state index contributed by atoms with van der Waals surface area (Å²) in [7, 11) is 0. The second kappa shape index (κ2) is 7.55. The van der Waals surface area contributed by atoms with Crippen LogP contribution in [-0.2, 0) is 10.3 Å². The van der Waals surface area contributed by atoms with Gasteiger partial charge in [-0.2, -0.15) is 0 Å². The highest BCUT2D eigenvalue weighted by Gasteiger charge is 2.40. The summed E-state index contributed by atoms with van der Waals surface area (Å²) >= 11 is 6.59. The molecule has 0 unspecified atom stereocenters. The zero-order valence-corrected chi connectivity index (χ0v) is 16.8. The van der Waals surface area contributed by atoms with Gasteiger partial charge < -0.3 is 15.3 Å². The zero-order valence-electron chi connectivity index (χ0n) is 16.1. The van der Waals surface area contributed by atoms with E-state index in [0.29, 0.717) is 5.92 Å². The number of benzene rings is 1. The van der Waals surface area contributed by atoms with Gasteiger partial charge in [0.15, 0.2) is 0 Å². The molecule has 1 heterocycles. The smallest absolute Gasteiger partial charge is 0.322 e. The molecular formula is C21H27ClN2O3. The Hall–Kier alpha value is -2.01.